The average molecular weight is 279 g/mol. The summed E-state index contributed by atoms with van der Waals surface area (Å²) >= 11 is 0. The minimum atomic E-state index is 0.214. The van der Waals surface area contributed by atoms with E-state index >= 15 is 0 Å². The van der Waals surface area contributed by atoms with Crippen LogP contribution in [0, 0.1) is 0 Å². The van der Waals surface area contributed by atoms with Crippen molar-refractivity contribution in [1.82, 2.24) is 4.90 Å². The number of fused-ring (bicyclic) bond motifs is 1. The maximum Gasteiger partial charge on any atom is 0.163 e. The lowest BCUT2D eigenvalue weighted by atomic mass is 10.2. The molecule has 2 aliphatic rings. The molecule has 0 radical (unpaired) electrons. The lowest BCUT2D eigenvalue weighted by Gasteiger charge is -2.36. The molecule has 1 aromatic carbocycles. The third-order valence-electron chi connectivity index (χ3n) is 3.82. The van der Waals surface area contributed by atoms with Crippen LogP contribution in [0.5, 0.6) is 11.5 Å². The number of nitrogens with zero attached hydrogens (tertiary/aromatic N) is 2. The zero-order valence-electron chi connectivity index (χ0n) is 11.5. The van der Waals surface area contributed by atoms with Crippen LogP contribution in [0.2, 0.25) is 0 Å². The zero-order chi connectivity index (χ0) is 13.9. The molecule has 3 rings (SSSR count). The topological polar surface area (TPSA) is 71.2 Å². The van der Waals surface area contributed by atoms with Crippen LogP contribution in [-0.2, 0) is 0 Å². The Morgan fingerprint density at radius 1 is 1.05 bits per heavy atom. The lowest BCUT2D eigenvalue weighted by molar-refractivity contribution is 0.171. The second-order valence-corrected chi connectivity index (χ2v) is 5.11. The van der Waals surface area contributed by atoms with Crippen molar-refractivity contribution in [3.63, 3.8) is 0 Å². The van der Waals surface area contributed by atoms with Crippen LogP contribution in [0.25, 0.3) is 0 Å². The lowest BCUT2D eigenvalue weighted by Crippen LogP contribution is -2.47. The number of anilines is 2. The van der Waals surface area contributed by atoms with Gasteiger partial charge in [0.1, 0.15) is 13.2 Å². The van der Waals surface area contributed by atoms with Crippen LogP contribution < -0.4 is 20.1 Å². The Balaban J connectivity index is 1.74. The number of ether oxygens (including phenoxy) is 2. The van der Waals surface area contributed by atoms with Crippen LogP contribution in [-0.4, -0.2) is 62.6 Å². The van der Waals surface area contributed by atoms with Crippen LogP contribution >= 0.6 is 0 Å². The Morgan fingerprint density at radius 2 is 1.70 bits per heavy atom. The van der Waals surface area contributed by atoms with E-state index in [1.807, 2.05) is 12.1 Å². The molecule has 0 saturated carbocycles. The van der Waals surface area contributed by atoms with Crippen molar-refractivity contribution in [2.75, 3.05) is 63.2 Å². The highest BCUT2D eigenvalue weighted by Crippen LogP contribution is 2.38. The number of aliphatic hydroxyl groups excluding tert-OH is 1. The van der Waals surface area contributed by atoms with Gasteiger partial charge in [-0.25, -0.2) is 0 Å². The van der Waals surface area contributed by atoms with Crippen molar-refractivity contribution in [2.24, 2.45) is 0 Å². The Bertz CT molecular complexity index is 473. The van der Waals surface area contributed by atoms with Gasteiger partial charge in [0.25, 0.3) is 0 Å². The highest BCUT2D eigenvalue weighted by Gasteiger charge is 2.21. The van der Waals surface area contributed by atoms with Gasteiger partial charge >= 0.3 is 0 Å². The molecule has 20 heavy (non-hydrogen) atoms. The van der Waals surface area contributed by atoms with Gasteiger partial charge in [0.05, 0.1) is 18.0 Å². The van der Waals surface area contributed by atoms with E-state index in [0.29, 0.717) is 13.2 Å². The van der Waals surface area contributed by atoms with E-state index in [1.165, 1.54) is 0 Å². The molecular formula is C14H21N3O3. The van der Waals surface area contributed by atoms with Crippen molar-refractivity contribution in [1.29, 1.82) is 0 Å². The number of benzene rings is 1. The van der Waals surface area contributed by atoms with Crippen molar-refractivity contribution in [2.45, 2.75) is 0 Å². The molecule has 1 fully saturated rings. The molecule has 1 aromatic rings. The standard InChI is InChI=1S/C14H21N3O3/c15-11-9-13-14(20-8-7-19-13)10-12(11)17-3-1-16(2-4-17)5-6-18/h9-10,18H,1-8,15H2. The SMILES string of the molecule is Nc1cc2c(cc1N1CCN(CCO)CC1)OCCO2. The first-order valence-corrected chi connectivity index (χ1v) is 7.05. The number of hydrogen-bond acceptors (Lipinski definition) is 6. The first kappa shape index (κ1) is 13.3. The number of nitrogen functional groups attached to an aromatic ring is 1. The fourth-order valence-electron chi connectivity index (χ4n) is 2.72. The number of aliphatic hydroxyl groups is 1. The van der Waals surface area contributed by atoms with Crippen LogP contribution in [0.4, 0.5) is 11.4 Å². The number of nitrogens with two attached hydrogens (primary N) is 1. The van der Waals surface area contributed by atoms with Gasteiger partial charge < -0.3 is 25.2 Å². The zero-order valence-corrected chi connectivity index (χ0v) is 11.5. The van der Waals surface area contributed by atoms with Gasteiger partial charge in [-0.2, -0.15) is 0 Å². The predicted molar refractivity (Wildman–Crippen MR) is 77.6 cm³/mol. The fraction of sp³-hybridized carbons (Fsp3) is 0.571. The maximum atomic E-state index is 8.97. The van der Waals surface area contributed by atoms with Gasteiger partial charge in [0.15, 0.2) is 11.5 Å². The molecule has 0 aliphatic carbocycles. The summed E-state index contributed by atoms with van der Waals surface area (Å²) in [5, 5.41) is 8.97. The summed E-state index contributed by atoms with van der Waals surface area (Å²) in [7, 11) is 0. The molecule has 3 N–H and O–H groups in total. The van der Waals surface area contributed by atoms with E-state index in [2.05, 4.69) is 9.80 Å². The van der Waals surface area contributed by atoms with Crippen molar-refractivity contribution in [3.8, 4) is 11.5 Å². The highest BCUT2D eigenvalue weighted by atomic mass is 16.6. The normalized spacial score (nSPS) is 19.1. The Labute approximate surface area is 118 Å². The third kappa shape index (κ3) is 2.62. The van der Waals surface area contributed by atoms with E-state index in [4.69, 9.17) is 20.3 Å². The van der Waals surface area contributed by atoms with Gasteiger partial charge in [0.2, 0.25) is 0 Å². The second-order valence-electron chi connectivity index (χ2n) is 5.11. The summed E-state index contributed by atoms with van der Waals surface area (Å²) in [5.74, 6) is 1.51. The molecule has 1 saturated heterocycles. The van der Waals surface area contributed by atoms with Gasteiger partial charge in [-0.05, 0) is 0 Å². The first-order chi connectivity index (χ1) is 9.78. The summed E-state index contributed by atoms with van der Waals surface area (Å²) in [6, 6.07) is 3.83. The Morgan fingerprint density at radius 3 is 2.35 bits per heavy atom. The van der Waals surface area contributed by atoms with E-state index in [-0.39, 0.29) is 6.61 Å². The predicted octanol–water partition coefficient (Wildman–Crippen LogP) is 0.154. The van der Waals surface area contributed by atoms with Gasteiger partial charge in [0, 0.05) is 44.9 Å². The highest BCUT2D eigenvalue weighted by molar-refractivity contribution is 5.73. The van der Waals surface area contributed by atoms with Gasteiger partial charge in [-0.3, -0.25) is 4.90 Å². The van der Waals surface area contributed by atoms with E-state index in [9.17, 15) is 0 Å². The smallest absolute Gasteiger partial charge is 0.163 e. The molecule has 6 heteroatoms. The molecule has 0 atom stereocenters. The monoisotopic (exact) mass is 279 g/mol. The summed E-state index contributed by atoms with van der Waals surface area (Å²) in [4.78, 5) is 4.52. The largest absolute Gasteiger partial charge is 0.486 e. The number of piperazine rings is 1. The number of rotatable bonds is 3. The molecule has 110 valence electrons. The molecule has 0 spiro atoms. The third-order valence-corrected chi connectivity index (χ3v) is 3.82. The number of hydrogen-bond donors (Lipinski definition) is 2. The molecule has 2 heterocycles. The summed E-state index contributed by atoms with van der Waals surface area (Å²) in [6.45, 7) is 5.81. The molecule has 0 amide bonds. The van der Waals surface area contributed by atoms with Crippen molar-refractivity contribution < 1.29 is 14.6 Å². The molecule has 0 aromatic heterocycles. The van der Waals surface area contributed by atoms with E-state index < -0.39 is 0 Å². The minimum Gasteiger partial charge on any atom is -0.486 e. The van der Waals surface area contributed by atoms with Crippen molar-refractivity contribution in [3.05, 3.63) is 12.1 Å². The van der Waals surface area contributed by atoms with Crippen LogP contribution in [0.15, 0.2) is 12.1 Å². The summed E-state index contributed by atoms with van der Waals surface area (Å²) < 4.78 is 11.2. The second kappa shape index (κ2) is 5.76. The molecule has 2 aliphatic heterocycles. The van der Waals surface area contributed by atoms with E-state index in [1.54, 1.807) is 0 Å². The minimum absolute atomic E-state index is 0.214. The molecule has 0 bridgehead atoms. The van der Waals surface area contributed by atoms with Crippen LogP contribution in [0.3, 0.4) is 0 Å². The van der Waals surface area contributed by atoms with E-state index in [0.717, 1.165) is 55.6 Å². The average Bonchev–Trinajstić information content (AvgIpc) is 2.48. The summed E-state index contributed by atoms with van der Waals surface area (Å²) in [5.41, 5.74) is 7.88. The first-order valence-electron chi connectivity index (χ1n) is 7.05. The molecule has 6 nitrogen and oxygen atoms in total. The van der Waals surface area contributed by atoms with Gasteiger partial charge in [-0.1, -0.05) is 0 Å². The Hall–Kier alpha value is -1.66. The molecular weight excluding hydrogens is 258 g/mol. The molecule has 0 unspecified atom stereocenters. The summed E-state index contributed by atoms with van der Waals surface area (Å²) in [6.07, 6.45) is 0. The Kier molecular flexibility index (Phi) is 3.84. The van der Waals surface area contributed by atoms with Gasteiger partial charge in [-0.15, -0.1) is 0 Å². The fourth-order valence-corrected chi connectivity index (χ4v) is 2.72. The van der Waals surface area contributed by atoms with Crippen LogP contribution in [0.1, 0.15) is 0 Å². The number of β-amino-alcohol motifs (C(OH)–C–C–N with tert-alkyl or cyclic N) is 1. The maximum absolute atomic E-state index is 8.97. The van der Waals surface area contributed by atoms with Crippen molar-refractivity contribution >= 4 is 11.4 Å². The quantitative estimate of drug-likeness (QED) is 0.768.